The molecule has 0 aliphatic rings. The molecule has 2 N–H and O–H groups in total. The summed E-state index contributed by atoms with van der Waals surface area (Å²) in [7, 11) is 0. The van der Waals surface area contributed by atoms with E-state index in [4.69, 9.17) is 22.7 Å². The summed E-state index contributed by atoms with van der Waals surface area (Å²) in [5, 5.41) is 0. The Morgan fingerprint density at radius 1 is 1.20 bits per heavy atom. The van der Waals surface area contributed by atoms with E-state index in [-0.39, 0.29) is 17.4 Å². The summed E-state index contributed by atoms with van der Waals surface area (Å²) in [6, 6.07) is 8.72. The predicted molar refractivity (Wildman–Crippen MR) is 77.8 cm³/mol. The summed E-state index contributed by atoms with van der Waals surface area (Å²) >= 11 is 4.87. The first-order valence-corrected chi connectivity index (χ1v) is 6.35. The number of hydrogen-bond donors (Lipinski definition) is 1. The lowest BCUT2D eigenvalue weighted by molar-refractivity contribution is 0.304. The van der Waals surface area contributed by atoms with E-state index in [1.807, 2.05) is 0 Å². The van der Waals surface area contributed by atoms with Crippen molar-refractivity contribution in [1.29, 1.82) is 0 Å². The molecule has 0 bridgehead atoms. The van der Waals surface area contributed by atoms with Crippen molar-refractivity contribution in [2.24, 2.45) is 5.73 Å². The minimum Gasteiger partial charge on any atom is -0.489 e. The van der Waals surface area contributed by atoms with Gasteiger partial charge < -0.3 is 10.5 Å². The van der Waals surface area contributed by atoms with Crippen molar-refractivity contribution in [3.8, 4) is 5.75 Å². The molecule has 0 saturated heterocycles. The van der Waals surface area contributed by atoms with Crippen LogP contribution in [0.3, 0.4) is 0 Å². The summed E-state index contributed by atoms with van der Waals surface area (Å²) in [4.78, 5) is 0.0955. The Morgan fingerprint density at radius 3 is 2.60 bits per heavy atom. The van der Waals surface area contributed by atoms with Crippen LogP contribution < -0.4 is 10.5 Å². The van der Waals surface area contributed by atoms with Gasteiger partial charge in [-0.05, 0) is 36.2 Å². The van der Waals surface area contributed by atoms with E-state index in [0.717, 1.165) is 0 Å². The Bertz CT molecular complexity index is 658. The van der Waals surface area contributed by atoms with Gasteiger partial charge in [0.05, 0.1) is 0 Å². The molecule has 0 aliphatic carbocycles. The minimum atomic E-state index is -0.419. The van der Waals surface area contributed by atoms with Crippen LogP contribution in [-0.2, 0) is 6.61 Å². The predicted octanol–water partition coefficient (Wildman–Crippen LogP) is 3.49. The van der Waals surface area contributed by atoms with Gasteiger partial charge in [-0.3, -0.25) is 0 Å². The summed E-state index contributed by atoms with van der Waals surface area (Å²) in [5.74, 6) is -0.361. The van der Waals surface area contributed by atoms with Crippen LogP contribution in [0.1, 0.15) is 16.7 Å². The fourth-order valence-electron chi connectivity index (χ4n) is 1.73. The van der Waals surface area contributed by atoms with Gasteiger partial charge in [0.2, 0.25) is 0 Å². The third-order valence-electron chi connectivity index (χ3n) is 2.88. The van der Waals surface area contributed by atoms with E-state index in [2.05, 4.69) is 0 Å². The second-order valence-electron chi connectivity index (χ2n) is 4.37. The first-order chi connectivity index (χ1) is 9.47. The SMILES string of the molecule is Cc1ccc(OCc2ccc(F)cc2C(N)=S)cc1F. The number of benzene rings is 2. The molecule has 0 fully saturated rings. The van der Waals surface area contributed by atoms with E-state index in [0.29, 0.717) is 22.4 Å². The second-order valence-corrected chi connectivity index (χ2v) is 4.81. The van der Waals surface area contributed by atoms with Crippen molar-refractivity contribution in [2.75, 3.05) is 0 Å². The molecular formula is C15H13F2NOS. The average Bonchev–Trinajstić information content (AvgIpc) is 2.41. The third kappa shape index (κ3) is 3.30. The van der Waals surface area contributed by atoms with Crippen LogP contribution in [0, 0.1) is 18.6 Å². The average molecular weight is 293 g/mol. The molecule has 20 heavy (non-hydrogen) atoms. The van der Waals surface area contributed by atoms with Crippen molar-refractivity contribution in [1.82, 2.24) is 0 Å². The molecule has 0 amide bonds. The van der Waals surface area contributed by atoms with Gasteiger partial charge in [0.1, 0.15) is 29.0 Å². The fraction of sp³-hybridized carbons (Fsp3) is 0.133. The zero-order valence-electron chi connectivity index (χ0n) is 10.8. The van der Waals surface area contributed by atoms with Crippen LogP contribution in [-0.4, -0.2) is 4.99 Å². The van der Waals surface area contributed by atoms with Gasteiger partial charge in [0.15, 0.2) is 0 Å². The number of hydrogen-bond acceptors (Lipinski definition) is 2. The number of aryl methyl sites for hydroxylation is 1. The minimum absolute atomic E-state index is 0.0955. The van der Waals surface area contributed by atoms with Crippen molar-refractivity contribution in [3.05, 3.63) is 64.7 Å². The van der Waals surface area contributed by atoms with Crippen LogP contribution in [0.2, 0.25) is 0 Å². The number of ether oxygens (including phenoxy) is 1. The molecule has 5 heteroatoms. The van der Waals surface area contributed by atoms with Crippen LogP contribution in [0.15, 0.2) is 36.4 Å². The summed E-state index contributed by atoms with van der Waals surface area (Å²) < 4.78 is 32.0. The molecule has 0 radical (unpaired) electrons. The van der Waals surface area contributed by atoms with Crippen LogP contribution in [0.4, 0.5) is 8.78 Å². The lowest BCUT2D eigenvalue weighted by atomic mass is 10.1. The van der Waals surface area contributed by atoms with E-state index in [1.165, 1.54) is 18.2 Å². The highest BCUT2D eigenvalue weighted by atomic mass is 32.1. The standard InChI is InChI=1S/C15H13F2NOS/c1-9-2-5-12(7-14(9)17)19-8-10-3-4-11(16)6-13(10)15(18)20/h2-7H,8H2,1H3,(H2,18,20). The highest BCUT2D eigenvalue weighted by Crippen LogP contribution is 2.19. The van der Waals surface area contributed by atoms with Crippen LogP contribution in [0.25, 0.3) is 0 Å². The lowest BCUT2D eigenvalue weighted by Gasteiger charge is -2.11. The van der Waals surface area contributed by atoms with Crippen molar-refractivity contribution >= 4 is 17.2 Å². The molecule has 0 heterocycles. The molecule has 104 valence electrons. The Hall–Kier alpha value is -2.01. The monoisotopic (exact) mass is 293 g/mol. The molecule has 2 rings (SSSR count). The van der Waals surface area contributed by atoms with Gasteiger partial charge in [-0.2, -0.15) is 0 Å². The van der Waals surface area contributed by atoms with E-state index in [1.54, 1.807) is 25.1 Å². The van der Waals surface area contributed by atoms with Gasteiger partial charge >= 0.3 is 0 Å². The quantitative estimate of drug-likeness (QED) is 0.877. The molecule has 0 aliphatic heterocycles. The molecule has 0 aromatic heterocycles. The van der Waals surface area contributed by atoms with E-state index >= 15 is 0 Å². The van der Waals surface area contributed by atoms with Crippen LogP contribution in [0.5, 0.6) is 5.75 Å². The van der Waals surface area contributed by atoms with Gasteiger partial charge in [-0.15, -0.1) is 0 Å². The van der Waals surface area contributed by atoms with Gasteiger partial charge in [0.25, 0.3) is 0 Å². The molecule has 0 spiro atoms. The Balaban J connectivity index is 2.18. The maximum Gasteiger partial charge on any atom is 0.129 e. The first-order valence-electron chi connectivity index (χ1n) is 5.94. The molecule has 2 aromatic rings. The first kappa shape index (κ1) is 14.4. The summed E-state index contributed by atoms with van der Waals surface area (Å²) in [5.41, 5.74) is 7.17. The molecular weight excluding hydrogens is 280 g/mol. The lowest BCUT2D eigenvalue weighted by Crippen LogP contribution is -2.14. The molecule has 0 atom stereocenters. The highest BCUT2D eigenvalue weighted by molar-refractivity contribution is 7.80. The number of nitrogens with two attached hydrogens (primary N) is 1. The van der Waals surface area contributed by atoms with Gasteiger partial charge in [-0.1, -0.05) is 24.4 Å². The number of halogens is 2. The van der Waals surface area contributed by atoms with Crippen LogP contribution >= 0.6 is 12.2 Å². The van der Waals surface area contributed by atoms with Crippen molar-refractivity contribution in [3.63, 3.8) is 0 Å². The Kier molecular flexibility index (Phi) is 4.29. The largest absolute Gasteiger partial charge is 0.489 e. The normalized spacial score (nSPS) is 10.3. The number of thiocarbonyl (C=S) groups is 1. The maximum absolute atomic E-state index is 13.4. The van der Waals surface area contributed by atoms with E-state index in [9.17, 15) is 8.78 Å². The smallest absolute Gasteiger partial charge is 0.129 e. The maximum atomic E-state index is 13.4. The van der Waals surface area contributed by atoms with E-state index < -0.39 is 5.82 Å². The van der Waals surface area contributed by atoms with Crippen molar-refractivity contribution < 1.29 is 13.5 Å². The Morgan fingerprint density at radius 2 is 1.95 bits per heavy atom. The summed E-state index contributed by atoms with van der Waals surface area (Å²) in [6.45, 7) is 1.81. The molecule has 2 aromatic carbocycles. The topological polar surface area (TPSA) is 35.2 Å². The highest BCUT2D eigenvalue weighted by Gasteiger charge is 2.08. The molecule has 0 unspecified atom stereocenters. The summed E-state index contributed by atoms with van der Waals surface area (Å²) in [6.07, 6.45) is 0. The number of rotatable bonds is 4. The van der Waals surface area contributed by atoms with Gasteiger partial charge in [0, 0.05) is 11.6 Å². The zero-order valence-corrected chi connectivity index (χ0v) is 11.6. The van der Waals surface area contributed by atoms with Gasteiger partial charge in [-0.25, -0.2) is 8.78 Å². The zero-order chi connectivity index (χ0) is 14.7. The second kappa shape index (κ2) is 5.96. The fourth-order valence-corrected chi connectivity index (χ4v) is 1.92. The molecule has 2 nitrogen and oxygen atoms in total. The third-order valence-corrected chi connectivity index (χ3v) is 3.09. The Labute approximate surface area is 121 Å². The molecule has 0 saturated carbocycles. The van der Waals surface area contributed by atoms with Crippen molar-refractivity contribution in [2.45, 2.75) is 13.5 Å².